The molecule has 2 aromatic heterocycles. The summed E-state index contributed by atoms with van der Waals surface area (Å²) in [6.07, 6.45) is 1.34. The lowest BCUT2D eigenvalue weighted by Gasteiger charge is -2.03. The van der Waals surface area contributed by atoms with Crippen molar-refractivity contribution in [2.45, 2.75) is 6.42 Å². The van der Waals surface area contributed by atoms with E-state index < -0.39 is 5.95 Å². The first kappa shape index (κ1) is 13.5. The Bertz CT molecular complexity index is 592. The average molecular weight is 396 g/mol. The van der Waals surface area contributed by atoms with Gasteiger partial charge in [0, 0.05) is 22.2 Å². The Morgan fingerprint density at radius 2 is 2.28 bits per heavy atom. The molecule has 0 aliphatic rings. The van der Waals surface area contributed by atoms with Gasteiger partial charge in [-0.1, -0.05) is 0 Å². The molecule has 1 N–H and O–H groups in total. The van der Waals surface area contributed by atoms with Crippen LogP contribution in [0.2, 0.25) is 0 Å². The minimum Gasteiger partial charge on any atom is -0.300 e. The normalized spacial score (nSPS) is 10.4. The van der Waals surface area contributed by atoms with Gasteiger partial charge in [-0.2, -0.15) is 13.7 Å². The zero-order valence-corrected chi connectivity index (χ0v) is 12.6. The predicted molar refractivity (Wildman–Crippen MR) is 71.8 cm³/mol. The maximum atomic E-state index is 12.9. The molecular formula is C9H5Br2FN4OS. The second kappa shape index (κ2) is 5.81. The van der Waals surface area contributed by atoms with E-state index in [0.717, 1.165) is 11.5 Å². The number of nitrogens with zero attached hydrogens (tertiary/aromatic N) is 3. The molecule has 0 spiro atoms. The van der Waals surface area contributed by atoms with E-state index in [4.69, 9.17) is 0 Å². The summed E-state index contributed by atoms with van der Waals surface area (Å²) in [7, 11) is 0. The smallest absolute Gasteiger partial charge is 0.230 e. The summed E-state index contributed by atoms with van der Waals surface area (Å²) in [4.78, 5) is 19.1. The Balaban J connectivity index is 2.05. The first-order valence-corrected chi connectivity index (χ1v) is 6.99. The Hall–Kier alpha value is -0.930. The fraction of sp³-hybridized carbons (Fsp3) is 0.111. The molecule has 0 radical (unpaired) electrons. The molecule has 0 bridgehead atoms. The summed E-state index contributed by atoms with van der Waals surface area (Å²) in [5.74, 6) is -0.926. The lowest BCUT2D eigenvalue weighted by molar-refractivity contribution is -0.115. The van der Waals surface area contributed by atoms with Gasteiger partial charge in [0.2, 0.25) is 21.7 Å². The fourth-order valence-corrected chi connectivity index (χ4v) is 2.54. The first-order chi connectivity index (χ1) is 8.54. The molecule has 0 aromatic carbocycles. The highest BCUT2D eigenvalue weighted by molar-refractivity contribution is 9.10. The van der Waals surface area contributed by atoms with Gasteiger partial charge in [0.1, 0.15) is 0 Å². The van der Waals surface area contributed by atoms with Crippen molar-refractivity contribution in [2.24, 2.45) is 0 Å². The van der Waals surface area contributed by atoms with Gasteiger partial charge in [0.25, 0.3) is 0 Å². The molecule has 94 valence electrons. The van der Waals surface area contributed by atoms with Crippen LogP contribution < -0.4 is 5.32 Å². The van der Waals surface area contributed by atoms with Crippen molar-refractivity contribution in [3.8, 4) is 0 Å². The van der Waals surface area contributed by atoms with Gasteiger partial charge < -0.3 is 5.32 Å². The number of hydrogen-bond acceptors (Lipinski definition) is 5. The fourth-order valence-electron chi connectivity index (χ4n) is 1.18. The van der Waals surface area contributed by atoms with Crippen LogP contribution in [0.1, 0.15) is 5.56 Å². The molecule has 0 aliphatic heterocycles. The third kappa shape index (κ3) is 3.53. The third-order valence-electron chi connectivity index (χ3n) is 1.90. The summed E-state index contributed by atoms with van der Waals surface area (Å²) in [6, 6.07) is 1.21. The van der Waals surface area contributed by atoms with Crippen LogP contribution in [-0.2, 0) is 11.2 Å². The van der Waals surface area contributed by atoms with Gasteiger partial charge in [-0.3, -0.25) is 4.79 Å². The maximum absolute atomic E-state index is 12.9. The quantitative estimate of drug-likeness (QED) is 0.811. The zero-order chi connectivity index (χ0) is 13.1. The van der Waals surface area contributed by atoms with E-state index in [1.807, 2.05) is 0 Å². The van der Waals surface area contributed by atoms with E-state index in [0.29, 0.717) is 19.9 Å². The molecule has 0 saturated carbocycles. The molecule has 2 aromatic rings. The molecule has 0 fully saturated rings. The number of anilines is 1. The summed E-state index contributed by atoms with van der Waals surface area (Å²) < 4.78 is 17.8. The number of rotatable bonds is 3. The van der Waals surface area contributed by atoms with Crippen LogP contribution in [0.15, 0.2) is 21.5 Å². The van der Waals surface area contributed by atoms with E-state index in [1.165, 1.54) is 12.3 Å². The second-order valence-corrected chi connectivity index (χ2v) is 5.51. The minimum atomic E-state index is -0.625. The number of carbonyl (C=O) groups excluding carboxylic acids is 1. The largest absolute Gasteiger partial charge is 0.300 e. The van der Waals surface area contributed by atoms with Gasteiger partial charge in [-0.15, -0.1) is 0 Å². The maximum Gasteiger partial charge on any atom is 0.230 e. The summed E-state index contributed by atoms with van der Waals surface area (Å²) in [5.41, 5.74) is 0.517. The van der Waals surface area contributed by atoms with Crippen molar-refractivity contribution in [1.29, 1.82) is 0 Å². The predicted octanol–water partition coefficient (Wildman–Crippen LogP) is 2.78. The number of halogens is 3. The van der Waals surface area contributed by atoms with Crippen LogP contribution in [0, 0.1) is 5.95 Å². The van der Waals surface area contributed by atoms with Gasteiger partial charge in [0.15, 0.2) is 0 Å². The van der Waals surface area contributed by atoms with Gasteiger partial charge in [-0.05, 0) is 43.5 Å². The van der Waals surface area contributed by atoms with E-state index in [1.54, 1.807) is 0 Å². The lowest BCUT2D eigenvalue weighted by atomic mass is 10.2. The van der Waals surface area contributed by atoms with Crippen molar-refractivity contribution >= 4 is 54.4 Å². The first-order valence-electron chi connectivity index (χ1n) is 4.63. The number of nitrogens with one attached hydrogen (secondary N) is 1. The molecule has 2 heterocycles. The Kier molecular flexibility index (Phi) is 4.36. The SMILES string of the molecule is O=C(Cc1cc(F)ncc1Br)Nc1nc(Br)ns1. The van der Waals surface area contributed by atoms with Crippen LogP contribution in [0.4, 0.5) is 9.52 Å². The monoisotopic (exact) mass is 394 g/mol. The summed E-state index contributed by atoms with van der Waals surface area (Å²) >= 11 is 7.35. The molecule has 0 aliphatic carbocycles. The molecule has 0 unspecified atom stereocenters. The molecule has 9 heteroatoms. The number of aromatic nitrogens is 3. The van der Waals surface area contributed by atoms with Gasteiger partial charge in [-0.25, -0.2) is 4.98 Å². The number of pyridine rings is 1. The Morgan fingerprint density at radius 3 is 2.94 bits per heavy atom. The van der Waals surface area contributed by atoms with E-state index in [9.17, 15) is 9.18 Å². The van der Waals surface area contributed by atoms with Crippen LogP contribution >= 0.6 is 43.4 Å². The van der Waals surface area contributed by atoms with Crippen molar-refractivity contribution < 1.29 is 9.18 Å². The minimum absolute atomic E-state index is 0.0250. The Morgan fingerprint density at radius 1 is 1.50 bits per heavy atom. The molecular weight excluding hydrogens is 391 g/mol. The van der Waals surface area contributed by atoms with Crippen molar-refractivity contribution in [3.05, 3.63) is 33.0 Å². The topological polar surface area (TPSA) is 67.8 Å². The third-order valence-corrected chi connectivity index (χ3v) is 3.83. The van der Waals surface area contributed by atoms with Crippen LogP contribution in [0.5, 0.6) is 0 Å². The van der Waals surface area contributed by atoms with Gasteiger partial charge in [0.05, 0.1) is 6.42 Å². The standard InChI is InChI=1S/C9H5Br2FN4OS/c10-5-3-13-6(12)1-4(5)2-7(17)14-9-15-8(11)16-18-9/h1,3H,2H2,(H,14,15,16,17). The Labute approximate surface area is 122 Å². The van der Waals surface area contributed by atoms with Crippen LogP contribution in [-0.4, -0.2) is 20.2 Å². The van der Waals surface area contributed by atoms with Crippen molar-refractivity contribution in [2.75, 3.05) is 5.32 Å². The van der Waals surface area contributed by atoms with E-state index >= 15 is 0 Å². The summed E-state index contributed by atoms with van der Waals surface area (Å²) in [6.45, 7) is 0. The molecule has 18 heavy (non-hydrogen) atoms. The summed E-state index contributed by atoms with van der Waals surface area (Å²) in [5, 5.41) is 2.96. The van der Waals surface area contributed by atoms with E-state index in [2.05, 4.69) is 51.5 Å². The highest BCUT2D eigenvalue weighted by atomic mass is 79.9. The number of amides is 1. The van der Waals surface area contributed by atoms with Crippen molar-refractivity contribution in [3.63, 3.8) is 0 Å². The van der Waals surface area contributed by atoms with E-state index in [-0.39, 0.29) is 12.3 Å². The average Bonchev–Trinajstić information content (AvgIpc) is 2.69. The zero-order valence-electron chi connectivity index (χ0n) is 8.65. The number of carbonyl (C=O) groups is 1. The molecule has 1 amide bonds. The molecule has 5 nitrogen and oxygen atoms in total. The highest BCUT2D eigenvalue weighted by Crippen LogP contribution is 2.18. The van der Waals surface area contributed by atoms with Crippen molar-refractivity contribution in [1.82, 2.24) is 14.3 Å². The second-order valence-electron chi connectivity index (χ2n) is 3.19. The van der Waals surface area contributed by atoms with Crippen LogP contribution in [0.3, 0.4) is 0 Å². The molecule has 0 saturated heterocycles. The number of hydrogen-bond donors (Lipinski definition) is 1. The lowest BCUT2D eigenvalue weighted by Crippen LogP contribution is -2.14. The van der Waals surface area contributed by atoms with Crippen LogP contribution in [0.25, 0.3) is 0 Å². The molecule has 2 rings (SSSR count). The highest BCUT2D eigenvalue weighted by Gasteiger charge is 2.11. The molecule has 0 atom stereocenters. The van der Waals surface area contributed by atoms with Gasteiger partial charge >= 0.3 is 0 Å².